The number of hydrogen-bond donors (Lipinski definition) is 2. The third-order valence-corrected chi connectivity index (χ3v) is 5.64. The Morgan fingerprint density at radius 2 is 2.00 bits per heavy atom. The van der Waals surface area contributed by atoms with Crippen LogP contribution in [0.25, 0.3) is 0 Å². The summed E-state index contributed by atoms with van der Waals surface area (Å²) in [5.74, 6) is 0. The number of aliphatic hydroxyl groups excluding tert-OH is 1. The van der Waals surface area contributed by atoms with Crippen molar-refractivity contribution in [2.45, 2.75) is 45.2 Å². The molecule has 0 aliphatic carbocycles. The molecule has 0 radical (unpaired) electrons. The van der Waals surface area contributed by atoms with Gasteiger partial charge in [-0.05, 0) is 30.4 Å². The lowest BCUT2D eigenvalue weighted by molar-refractivity contribution is 0.154. The van der Waals surface area contributed by atoms with Gasteiger partial charge in [-0.3, -0.25) is 0 Å². The minimum atomic E-state index is -3.54. The van der Waals surface area contributed by atoms with E-state index in [2.05, 4.69) is 11.6 Å². The molecule has 0 amide bonds. The first-order valence-electron chi connectivity index (χ1n) is 7.52. The Hall–Kier alpha value is -0.950. The maximum absolute atomic E-state index is 12.4. The Balaban J connectivity index is 2.07. The Kier molecular flexibility index (Phi) is 5.75. The van der Waals surface area contributed by atoms with Crippen molar-refractivity contribution in [1.82, 2.24) is 9.03 Å². The quantitative estimate of drug-likeness (QED) is 0.835. The zero-order valence-electron chi connectivity index (χ0n) is 12.5. The minimum absolute atomic E-state index is 0.119. The summed E-state index contributed by atoms with van der Waals surface area (Å²) in [6.07, 6.45) is 3.42. The summed E-state index contributed by atoms with van der Waals surface area (Å²) in [5, 5.41) is 9.36. The first-order chi connectivity index (χ1) is 10.1. The van der Waals surface area contributed by atoms with Gasteiger partial charge < -0.3 is 5.11 Å². The van der Waals surface area contributed by atoms with Crippen molar-refractivity contribution < 1.29 is 13.5 Å². The molecule has 1 atom stereocenters. The normalized spacial score (nSPS) is 20.6. The van der Waals surface area contributed by atoms with Crippen LogP contribution in [0.1, 0.15) is 37.3 Å². The SMILES string of the molecule is CCc1ccccc1CNS(=O)(=O)N1CCCCC1CO. The Morgan fingerprint density at radius 3 is 2.67 bits per heavy atom. The lowest BCUT2D eigenvalue weighted by Crippen LogP contribution is -2.50. The van der Waals surface area contributed by atoms with Crippen molar-refractivity contribution in [3.05, 3.63) is 35.4 Å². The average Bonchev–Trinajstić information content (AvgIpc) is 2.53. The van der Waals surface area contributed by atoms with Gasteiger partial charge in [0.15, 0.2) is 0 Å². The summed E-state index contributed by atoms with van der Waals surface area (Å²) in [7, 11) is -3.54. The largest absolute Gasteiger partial charge is 0.395 e. The topological polar surface area (TPSA) is 69.6 Å². The molecule has 5 nitrogen and oxygen atoms in total. The molecule has 6 heteroatoms. The molecule has 1 saturated heterocycles. The molecule has 1 heterocycles. The van der Waals surface area contributed by atoms with Gasteiger partial charge in [0, 0.05) is 19.1 Å². The zero-order chi connectivity index (χ0) is 15.3. The van der Waals surface area contributed by atoms with E-state index in [1.54, 1.807) is 0 Å². The summed E-state index contributed by atoms with van der Waals surface area (Å²) in [4.78, 5) is 0. The highest BCUT2D eigenvalue weighted by Gasteiger charge is 2.31. The number of hydrogen-bond acceptors (Lipinski definition) is 3. The third kappa shape index (κ3) is 4.03. The molecule has 0 bridgehead atoms. The summed E-state index contributed by atoms with van der Waals surface area (Å²) < 4.78 is 28.9. The molecule has 118 valence electrons. The standard InChI is InChI=1S/C15H24N2O3S/c1-2-13-7-3-4-8-14(13)11-16-21(19,20)17-10-6-5-9-15(17)12-18/h3-4,7-8,15-16,18H,2,5-6,9-12H2,1H3. The molecular formula is C15H24N2O3S. The van der Waals surface area contributed by atoms with Crippen molar-refractivity contribution in [3.8, 4) is 0 Å². The fraction of sp³-hybridized carbons (Fsp3) is 0.600. The van der Waals surface area contributed by atoms with Crippen LogP contribution in [0.15, 0.2) is 24.3 Å². The number of rotatable bonds is 6. The van der Waals surface area contributed by atoms with Gasteiger partial charge >= 0.3 is 0 Å². The van der Waals surface area contributed by atoms with Crippen LogP contribution < -0.4 is 4.72 Å². The average molecular weight is 312 g/mol. The predicted octanol–water partition coefficient (Wildman–Crippen LogP) is 1.43. The number of nitrogens with one attached hydrogen (secondary N) is 1. The van der Waals surface area contributed by atoms with E-state index in [9.17, 15) is 13.5 Å². The van der Waals surface area contributed by atoms with Crippen molar-refractivity contribution in [2.75, 3.05) is 13.2 Å². The fourth-order valence-electron chi connectivity index (χ4n) is 2.80. The minimum Gasteiger partial charge on any atom is -0.395 e. The summed E-state index contributed by atoms with van der Waals surface area (Å²) in [6, 6.07) is 7.55. The van der Waals surface area contributed by atoms with Crippen molar-refractivity contribution >= 4 is 10.2 Å². The van der Waals surface area contributed by atoms with Crippen LogP contribution in [-0.2, 0) is 23.2 Å². The van der Waals surface area contributed by atoms with Crippen LogP contribution in [0.2, 0.25) is 0 Å². The molecule has 1 aromatic carbocycles. The second-order valence-corrected chi connectivity index (χ2v) is 7.10. The molecule has 1 aliphatic rings. The van der Waals surface area contributed by atoms with Crippen molar-refractivity contribution in [3.63, 3.8) is 0 Å². The number of aryl methyl sites for hydroxylation is 1. The van der Waals surface area contributed by atoms with Crippen molar-refractivity contribution in [1.29, 1.82) is 0 Å². The monoisotopic (exact) mass is 312 g/mol. The van der Waals surface area contributed by atoms with Gasteiger partial charge in [0.25, 0.3) is 10.2 Å². The van der Waals surface area contributed by atoms with Crippen LogP contribution >= 0.6 is 0 Å². The third-order valence-electron chi connectivity index (χ3n) is 4.04. The highest BCUT2D eigenvalue weighted by molar-refractivity contribution is 7.87. The molecule has 2 N–H and O–H groups in total. The van der Waals surface area contributed by atoms with Crippen LogP contribution in [0.3, 0.4) is 0 Å². The van der Waals surface area contributed by atoms with E-state index in [-0.39, 0.29) is 12.6 Å². The molecule has 1 aliphatic heterocycles. The molecule has 0 aromatic heterocycles. The summed E-state index contributed by atoms with van der Waals surface area (Å²) >= 11 is 0. The van der Waals surface area contributed by atoms with E-state index in [1.165, 1.54) is 4.31 Å². The second kappa shape index (κ2) is 7.35. The van der Waals surface area contributed by atoms with E-state index < -0.39 is 10.2 Å². The molecule has 2 rings (SSSR count). The predicted molar refractivity (Wildman–Crippen MR) is 83.0 cm³/mol. The van der Waals surface area contributed by atoms with E-state index in [1.807, 2.05) is 24.3 Å². The number of piperidine rings is 1. The molecule has 21 heavy (non-hydrogen) atoms. The first-order valence-corrected chi connectivity index (χ1v) is 8.96. The fourth-order valence-corrected chi connectivity index (χ4v) is 4.24. The lowest BCUT2D eigenvalue weighted by Gasteiger charge is -2.33. The van der Waals surface area contributed by atoms with Crippen molar-refractivity contribution in [2.24, 2.45) is 0 Å². The lowest BCUT2D eigenvalue weighted by atomic mass is 10.1. The Bertz CT molecular complexity index is 560. The molecule has 1 fully saturated rings. The van der Waals surface area contributed by atoms with E-state index in [0.717, 1.165) is 36.8 Å². The number of nitrogens with zero attached hydrogens (tertiary/aromatic N) is 1. The van der Waals surface area contributed by atoms with Gasteiger partial charge in [-0.15, -0.1) is 0 Å². The van der Waals surface area contributed by atoms with Crippen LogP contribution in [0.4, 0.5) is 0 Å². The zero-order valence-corrected chi connectivity index (χ0v) is 13.3. The smallest absolute Gasteiger partial charge is 0.280 e. The highest BCUT2D eigenvalue weighted by Crippen LogP contribution is 2.20. The number of aliphatic hydroxyl groups is 1. The van der Waals surface area contributed by atoms with Crippen LogP contribution in [-0.4, -0.2) is 37.0 Å². The Morgan fingerprint density at radius 1 is 1.29 bits per heavy atom. The molecule has 0 saturated carbocycles. The number of benzene rings is 1. The van der Waals surface area contributed by atoms with Gasteiger partial charge in [0.1, 0.15) is 0 Å². The van der Waals surface area contributed by atoms with E-state index >= 15 is 0 Å². The highest BCUT2D eigenvalue weighted by atomic mass is 32.2. The van der Waals surface area contributed by atoms with Gasteiger partial charge in [-0.1, -0.05) is 37.6 Å². The van der Waals surface area contributed by atoms with Gasteiger partial charge in [0.2, 0.25) is 0 Å². The van der Waals surface area contributed by atoms with Gasteiger partial charge in [0.05, 0.1) is 6.61 Å². The van der Waals surface area contributed by atoms with Gasteiger partial charge in [-0.25, -0.2) is 0 Å². The first kappa shape index (κ1) is 16.4. The van der Waals surface area contributed by atoms with E-state index in [4.69, 9.17) is 0 Å². The maximum Gasteiger partial charge on any atom is 0.280 e. The summed E-state index contributed by atoms with van der Waals surface area (Å²) in [5.41, 5.74) is 2.15. The van der Waals surface area contributed by atoms with Crippen LogP contribution in [0, 0.1) is 0 Å². The molecular weight excluding hydrogens is 288 g/mol. The molecule has 1 aromatic rings. The van der Waals surface area contributed by atoms with Crippen LogP contribution in [0.5, 0.6) is 0 Å². The summed E-state index contributed by atoms with van der Waals surface area (Å²) in [6.45, 7) is 2.71. The van der Waals surface area contributed by atoms with E-state index in [0.29, 0.717) is 13.1 Å². The maximum atomic E-state index is 12.4. The second-order valence-electron chi connectivity index (χ2n) is 5.39. The van der Waals surface area contributed by atoms with Gasteiger partial charge in [-0.2, -0.15) is 17.4 Å². The Labute approximate surface area is 127 Å². The molecule has 0 spiro atoms. The molecule has 1 unspecified atom stereocenters.